The molecule has 0 atom stereocenters. The molecule has 1 aromatic heterocycles. The van der Waals surface area contributed by atoms with Gasteiger partial charge in [-0.15, -0.1) is 11.3 Å². The number of hydrogen-bond acceptors (Lipinski definition) is 5. The lowest BCUT2D eigenvalue weighted by atomic mass is 10.1. The Hall–Kier alpha value is -3.67. The van der Waals surface area contributed by atoms with Crippen LogP contribution >= 0.6 is 11.3 Å². The summed E-state index contributed by atoms with van der Waals surface area (Å²) in [7, 11) is 0. The summed E-state index contributed by atoms with van der Waals surface area (Å²) in [5, 5.41) is 6.79. The van der Waals surface area contributed by atoms with Gasteiger partial charge >= 0.3 is 12.2 Å². The van der Waals surface area contributed by atoms with Crippen LogP contribution in [0.3, 0.4) is 0 Å². The van der Waals surface area contributed by atoms with Crippen LogP contribution in [-0.4, -0.2) is 48.0 Å². The molecule has 4 rings (SSSR count). The van der Waals surface area contributed by atoms with Gasteiger partial charge in [0, 0.05) is 42.9 Å². The molecular formula is C22H19F4N5O2S. The van der Waals surface area contributed by atoms with Crippen LogP contribution in [0.5, 0.6) is 0 Å². The summed E-state index contributed by atoms with van der Waals surface area (Å²) in [6, 6.07) is 9.76. The van der Waals surface area contributed by atoms with Crippen LogP contribution in [0, 0.1) is 5.82 Å². The Balaban J connectivity index is 1.31. The lowest BCUT2D eigenvalue weighted by Crippen LogP contribution is -2.49. The predicted octanol–water partition coefficient (Wildman–Crippen LogP) is 4.91. The normalized spacial score (nSPS) is 14.1. The SMILES string of the molecule is O=C(Nc1ccc(F)cc1)Nc1nc(C(=O)N2CCN(c3cccc(C(F)(F)F)c3)CC2)cs1. The maximum absolute atomic E-state index is 13.0. The van der Waals surface area contributed by atoms with Crippen molar-refractivity contribution in [2.75, 3.05) is 41.7 Å². The number of carbonyl (C=O) groups is 2. The number of hydrogen-bond donors (Lipinski definition) is 2. The molecule has 2 heterocycles. The van der Waals surface area contributed by atoms with Crippen molar-refractivity contribution in [2.45, 2.75) is 6.18 Å². The number of nitrogens with zero attached hydrogens (tertiary/aromatic N) is 3. The number of anilines is 3. The van der Waals surface area contributed by atoms with E-state index in [1.165, 1.54) is 35.7 Å². The number of aromatic nitrogens is 1. The Morgan fingerprint density at radius 3 is 2.35 bits per heavy atom. The molecule has 2 aromatic carbocycles. The highest BCUT2D eigenvalue weighted by Gasteiger charge is 2.31. The minimum Gasteiger partial charge on any atom is -0.368 e. The third-order valence-corrected chi connectivity index (χ3v) is 5.91. The van der Waals surface area contributed by atoms with Gasteiger partial charge in [-0.1, -0.05) is 6.07 Å². The molecule has 0 saturated carbocycles. The van der Waals surface area contributed by atoms with Crippen LogP contribution in [0.1, 0.15) is 16.1 Å². The fourth-order valence-corrected chi connectivity index (χ4v) is 4.11. The van der Waals surface area contributed by atoms with Crippen molar-refractivity contribution < 1.29 is 27.2 Å². The summed E-state index contributed by atoms with van der Waals surface area (Å²) < 4.78 is 51.9. The van der Waals surface area contributed by atoms with E-state index in [0.717, 1.165) is 23.5 Å². The summed E-state index contributed by atoms with van der Waals surface area (Å²) >= 11 is 1.08. The largest absolute Gasteiger partial charge is 0.416 e. The third kappa shape index (κ3) is 5.63. The van der Waals surface area contributed by atoms with Crippen LogP contribution in [0.2, 0.25) is 0 Å². The summed E-state index contributed by atoms with van der Waals surface area (Å²) in [6.07, 6.45) is -4.42. The minimum absolute atomic E-state index is 0.162. The highest BCUT2D eigenvalue weighted by molar-refractivity contribution is 7.14. The van der Waals surface area contributed by atoms with Gasteiger partial charge in [-0.25, -0.2) is 14.2 Å². The van der Waals surface area contributed by atoms with Crippen molar-refractivity contribution in [3.05, 3.63) is 71.0 Å². The number of benzene rings is 2. The Bertz CT molecular complexity index is 1170. The number of carbonyl (C=O) groups excluding carboxylic acids is 2. The highest BCUT2D eigenvalue weighted by Crippen LogP contribution is 2.32. The molecule has 2 N–H and O–H groups in total. The highest BCUT2D eigenvalue weighted by atomic mass is 32.1. The maximum atomic E-state index is 13.0. The van der Waals surface area contributed by atoms with E-state index < -0.39 is 23.6 Å². The van der Waals surface area contributed by atoms with Gasteiger partial charge < -0.3 is 15.1 Å². The molecule has 1 aliphatic rings. The van der Waals surface area contributed by atoms with E-state index in [9.17, 15) is 27.2 Å². The molecule has 0 radical (unpaired) electrons. The standard InChI is InChI=1S/C22H19F4N5O2S/c23-15-4-6-16(7-5-15)27-20(33)29-21-28-18(13-34-21)19(32)31-10-8-30(9-11-31)17-3-1-2-14(12-17)22(24,25)26/h1-7,12-13H,8-11H2,(H2,27,28,29,33). The number of nitrogens with one attached hydrogen (secondary N) is 2. The molecular weight excluding hydrogens is 474 g/mol. The second-order valence-corrected chi connectivity index (χ2v) is 8.31. The van der Waals surface area contributed by atoms with Gasteiger partial charge in [-0.3, -0.25) is 10.1 Å². The molecule has 12 heteroatoms. The number of alkyl halides is 3. The molecule has 7 nitrogen and oxygen atoms in total. The van der Waals surface area contributed by atoms with E-state index in [0.29, 0.717) is 37.6 Å². The van der Waals surface area contributed by atoms with Crippen LogP contribution in [-0.2, 0) is 6.18 Å². The lowest BCUT2D eigenvalue weighted by Gasteiger charge is -2.36. The first-order chi connectivity index (χ1) is 16.2. The number of rotatable bonds is 4. The zero-order valence-electron chi connectivity index (χ0n) is 17.6. The zero-order valence-corrected chi connectivity index (χ0v) is 18.4. The number of piperazine rings is 1. The third-order valence-electron chi connectivity index (χ3n) is 5.15. The quantitative estimate of drug-likeness (QED) is 0.507. The van der Waals surface area contributed by atoms with Gasteiger partial charge in [0.05, 0.1) is 5.56 Å². The monoisotopic (exact) mass is 493 g/mol. The van der Waals surface area contributed by atoms with Gasteiger partial charge in [0.15, 0.2) is 5.13 Å². The van der Waals surface area contributed by atoms with Gasteiger partial charge in [-0.05, 0) is 42.5 Å². The first-order valence-electron chi connectivity index (χ1n) is 10.2. The molecule has 1 fully saturated rings. The zero-order chi connectivity index (χ0) is 24.3. The first-order valence-corrected chi connectivity index (χ1v) is 11.1. The van der Waals surface area contributed by atoms with Gasteiger partial charge in [0.25, 0.3) is 5.91 Å². The summed E-state index contributed by atoms with van der Waals surface area (Å²) in [4.78, 5) is 32.4. The molecule has 3 amide bonds. The van der Waals surface area contributed by atoms with Crippen molar-refractivity contribution in [3.8, 4) is 0 Å². The minimum atomic E-state index is -4.42. The van der Waals surface area contributed by atoms with E-state index >= 15 is 0 Å². The molecule has 0 aliphatic carbocycles. The van der Waals surface area contributed by atoms with Crippen molar-refractivity contribution in [3.63, 3.8) is 0 Å². The molecule has 34 heavy (non-hydrogen) atoms. The van der Waals surface area contributed by atoms with E-state index in [1.54, 1.807) is 15.9 Å². The Kier molecular flexibility index (Phi) is 6.68. The number of thiazole rings is 1. The first kappa shape index (κ1) is 23.5. The fraction of sp³-hybridized carbons (Fsp3) is 0.227. The Morgan fingerprint density at radius 1 is 0.971 bits per heavy atom. The second kappa shape index (κ2) is 9.67. The van der Waals surface area contributed by atoms with Gasteiger partial charge in [0.1, 0.15) is 11.5 Å². The molecule has 0 spiro atoms. The van der Waals surface area contributed by atoms with Crippen LogP contribution in [0.25, 0.3) is 0 Å². The van der Waals surface area contributed by atoms with E-state index in [1.807, 2.05) is 0 Å². The lowest BCUT2D eigenvalue weighted by molar-refractivity contribution is -0.137. The Labute approximate surface area is 196 Å². The smallest absolute Gasteiger partial charge is 0.368 e. The summed E-state index contributed by atoms with van der Waals surface area (Å²) in [6.45, 7) is 1.39. The van der Waals surface area contributed by atoms with Crippen molar-refractivity contribution in [2.24, 2.45) is 0 Å². The van der Waals surface area contributed by atoms with Crippen LogP contribution < -0.4 is 15.5 Å². The van der Waals surface area contributed by atoms with E-state index in [-0.39, 0.29) is 16.7 Å². The number of amides is 3. The molecule has 1 aliphatic heterocycles. The van der Waals surface area contributed by atoms with E-state index in [2.05, 4.69) is 15.6 Å². The summed E-state index contributed by atoms with van der Waals surface area (Å²) in [5.74, 6) is -0.753. The molecule has 0 bridgehead atoms. The second-order valence-electron chi connectivity index (χ2n) is 7.45. The van der Waals surface area contributed by atoms with Gasteiger partial charge in [-0.2, -0.15) is 13.2 Å². The fourth-order valence-electron chi connectivity index (χ4n) is 3.43. The maximum Gasteiger partial charge on any atom is 0.416 e. The van der Waals surface area contributed by atoms with Crippen LogP contribution in [0.15, 0.2) is 53.9 Å². The molecule has 1 saturated heterocycles. The van der Waals surface area contributed by atoms with Crippen LogP contribution in [0.4, 0.5) is 38.9 Å². The Morgan fingerprint density at radius 2 is 1.68 bits per heavy atom. The van der Waals surface area contributed by atoms with E-state index in [4.69, 9.17) is 0 Å². The predicted molar refractivity (Wildman–Crippen MR) is 121 cm³/mol. The molecule has 178 valence electrons. The number of urea groups is 1. The van der Waals surface area contributed by atoms with Crippen molar-refractivity contribution >= 4 is 39.8 Å². The topological polar surface area (TPSA) is 77.6 Å². The molecule has 0 unspecified atom stereocenters. The summed E-state index contributed by atoms with van der Waals surface area (Å²) in [5.41, 5.74) is 0.295. The average molecular weight is 493 g/mol. The molecule has 3 aromatic rings. The van der Waals surface area contributed by atoms with Crippen molar-refractivity contribution in [1.82, 2.24) is 9.88 Å². The van der Waals surface area contributed by atoms with Gasteiger partial charge in [0.2, 0.25) is 0 Å². The number of halogens is 4. The van der Waals surface area contributed by atoms with Crippen molar-refractivity contribution in [1.29, 1.82) is 0 Å². The average Bonchev–Trinajstić information content (AvgIpc) is 3.28.